The van der Waals surface area contributed by atoms with Crippen molar-refractivity contribution in [2.45, 2.75) is 32.2 Å². The number of para-hydroxylation sites is 1. The summed E-state index contributed by atoms with van der Waals surface area (Å²) in [5.74, 6) is 0.960. The van der Waals surface area contributed by atoms with Crippen LogP contribution in [0.15, 0.2) is 24.3 Å². The number of rotatable bonds is 8. The van der Waals surface area contributed by atoms with Gasteiger partial charge in [-0.1, -0.05) is 31.5 Å². The SMILES string of the molecule is CNCC(C)C(=O)NCC(c1ccccc1OC)N1CCCCC1.Cl.Cl. The summed E-state index contributed by atoms with van der Waals surface area (Å²) in [6.45, 7) is 5.41. The Morgan fingerprint density at radius 3 is 2.42 bits per heavy atom. The Labute approximate surface area is 170 Å². The summed E-state index contributed by atoms with van der Waals surface area (Å²) in [4.78, 5) is 14.8. The second kappa shape index (κ2) is 13.2. The van der Waals surface area contributed by atoms with E-state index < -0.39 is 0 Å². The van der Waals surface area contributed by atoms with Crippen LogP contribution in [0.25, 0.3) is 0 Å². The van der Waals surface area contributed by atoms with Crippen molar-refractivity contribution in [1.82, 2.24) is 15.5 Å². The molecule has 2 N–H and O–H groups in total. The summed E-state index contributed by atoms with van der Waals surface area (Å²) in [6.07, 6.45) is 3.73. The maximum absolute atomic E-state index is 12.3. The Morgan fingerprint density at radius 2 is 1.81 bits per heavy atom. The van der Waals surface area contributed by atoms with Crippen molar-refractivity contribution in [2.75, 3.05) is 40.3 Å². The molecule has 2 unspecified atom stereocenters. The molecule has 1 aromatic rings. The number of benzene rings is 1. The first kappa shape index (κ1) is 25.0. The number of nitrogens with zero attached hydrogens (tertiary/aromatic N) is 1. The number of hydrogen-bond donors (Lipinski definition) is 2. The zero-order chi connectivity index (χ0) is 17.4. The molecular weight excluding hydrogens is 373 g/mol. The van der Waals surface area contributed by atoms with Gasteiger partial charge in [0, 0.05) is 24.6 Å². The number of ether oxygens (including phenoxy) is 1. The van der Waals surface area contributed by atoms with Crippen LogP contribution in [-0.4, -0.2) is 51.1 Å². The van der Waals surface area contributed by atoms with Gasteiger partial charge in [-0.15, -0.1) is 24.8 Å². The fourth-order valence-corrected chi connectivity index (χ4v) is 3.38. The molecule has 5 nitrogen and oxygen atoms in total. The lowest BCUT2D eigenvalue weighted by Crippen LogP contribution is -2.43. The van der Waals surface area contributed by atoms with Crippen LogP contribution in [0, 0.1) is 5.92 Å². The number of likely N-dealkylation sites (tertiary alicyclic amines) is 1. The van der Waals surface area contributed by atoms with Crippen molar-refractivity contribution in [3.8, 4) is 5.75 Å². The molecule has 0 spiro atoms. The zero-order valence-corrected chi connectivity index (χ0v) is 17.6. The first-order chi connectivity index (χ1) is 11.7. The van der Waals surface area contributed by atoms with Crippen LogP contribution in [0.1, 0.15) is 37.8 Å². The van der Waals surface area contributed by atoms with E-state index in [1.165, 1.54) is 19.3 Å². The predicted octanol–water partition coefficient (Wildman–Crippen LogP) is 3.04. The summed E-state index contributed by atoms with van der Waals surface area (Å²) in [7, 11) is 3.58. The highest BCUT2D eigenvalue weighted by molar-refractivity contribution is 5.85. The lowest BCUT2D eigenvalue weighted by atomic mass is 10.00. The highest BCUT2D eigenvalue weighted by Crippen LogP contribution is 2.30. The van der Waals surface area contributed by atoms with E-state index in [4.69, 9.17) is 4.74 Å². The van der Waals surface area contributed by atoms with E-state index in [-0.39, 0.29) is 42.7 Å². The summed E-state index contributed by atoms with van der Waals surface area (Å²) in [5, 5.41) is 6.20. The van der Waals surface area contributed by atoms with E-state index >= 15 is 0 Å². The second-order valence-corrected chi connectivity index (χ2v) is 6.56. The highest BCUT2D eigenvalue weighted by atomic mass is 35.5. The third-order valence-corrected chi connectivity index (χ3v) is 4.76. The zero-order valence-electron chi connectivity index (χ0n) is 16.0. The summed E-state index contributed by atoms with van der Waals surface area (Å²) in [5.41, 5.74) is 1.16. The first-order valence-corrected chi connectivity index (χ1v) is 8.96. The van der Waals surface area contributed by atoms with Gasteiger partial charge in [-0.2, -0.15) is 0 Å². The minimum Gasteiger partial charge on any atom is -0.496 e. The Balaban J connectivity index is 0.00000312. The van der Waals surface area contributed by atoms with E-state index in [2.05, 4.69) is 21.6 Å². The molecule has 0 saturated carbocycles. The number of hydrogen-bond acceptors (Lipinski definition) is 4. The van der Waals surface area contributed by atoms with Gasteiger partial charge in [0.15, 0.2) is 0 Å². The molecule has 1 saturated heterocycles. The first-order valence-electron chi connectivity index (χ1n) is 8.96. The van der Waals surface area contributed by atoms with Crippen LogP contribution in [0.3, 0.4) is 0 Å². The van der Waals surface area contributed by atoms with Gasteiger partial charge in [-0.3, -0.25) is 9.69 Å². The van der Waals surface area contributed by atoms with Gasteiger partial charge >= 0.3 is 0 Å². The van der Waals surface area contributed by atoms with E-state index in [0.29, 0.717) is 13.1 Å². The lowest BCUT2D eigenvalue weighted by Gasteiger charge is -2.35. The molecule has 1 aromatic carbocycles. The van der Waals surface area contributed by atoms with Crippen molar-refractivity contribution in [1.29, 1.82) is 0 Å². The molecule has 150 valence electrons. The van der Waals surface area contributed by atoms with E-state index in [1.807, 2.05) is 32.2 Å². The molecular formula is C19H33Cl2N3O2. The maximum Gasteiger partial charge on any atom is 0.224 e. The second-order valence-electron chi connectivity index (χ2n) is 6.56. The number of carbonyl (C=O) groups excluding carboxylic acids is 1. The number of nitrogens with one attached hydrogen (secondary N) is 2. The Morgan fingerprint density at radius 1 is 1.15 bits per heavy atom. The molecule has 0 aromatic heterocycles. The molecule has 26 heavy (non-hydrogen) atoms. The van der Waals surface area contributed by atoms with Crippen molar-refractivity contribution in [3.05, 3.63) is 29.8 Å². The molecule has 1 aliphatic heterocycles. The molecule has 2 atom stereocenters. The van der Waals surface area contributed by atoms with Gasteiger partial charge in [-0.05, 0) is 39.0 Å². The van der Waals surface area contributed by atoms with Crippen LogP contribution in [0.4, 0.5) is 0 Å². The predicted molar refractivity (Wildman–Crippen MR) is 112 cm³/mol. The number of piperidine rings is 1. The van der Waals surface area contributed by atoms with Gasteiger partial charge in [0.1, 0.15) is 5.75 Å². The van der Waals surface area contributed by atoms with Crippen LogP contribution in [0.2, 0.25) is 0 Å². The summed E-state index contributed by atoms with van der Waals surface area (Å²) < 4.78 is 5.56. The lowest BCUT2D eigenvalue weighted by molar-refractivity contribution is -0.124. The third-order valence-electron chi connectivity index (χ3n) is 4.76. The van der Waals surface area contributed by atoms with E-state index in [0.717, 1.165) is 24.4 Å². The van der Waals surface area contributed by atoms with Gasteiger partial charge in [0.25, 0.3) is 0 Å². The van der Waals surface area contributed by atoms with Crippen molar-refractivity contribution < 1.29 is 9.53 Å². The van der Waals surface area contributed by atoms with Gasteiger partial charge in [0.2, 0.25) is 5.91 Å². The number of carbonyl (C=O) groups is 1. The Kier molecular flexibility index (Phi) is 12.7. The largest absolute Gasteiger partial charge is 0.496 e. The van der Waals surface area contributed by atoms with Crippen molar-refractivity contribution in [3.63, 3.8) is 0 Å². The monoisotopic (exact) mass is 405 g/mol. The molecule has 0 bridgehead atoms. The van der Waals surface area contributed by atoms with Crippen LogP contribution < -0.4 is 15.4 Å². The Hall–Kier alpha value is -1.01. The highest BCUT2D eigenvalue weighted by Gasteiger charge is 2.25. The molecule has 0 radical (unpaired) electrons. The summed E-state index contributed by atoms with van der Waals surface area (Å²) in [6, 6.07) is 8.30. The number of amides is 1. The maximum atomic E-state index is 12.3. The molecule has 7 heteroatoms. The molecule has 1 aliphatic rings. The Bertz CT molecular complexity index is 525. The molecule has 0 aliphatic carbocycles. The molecule has 2 rings (SSSR count). The third kappa shape index (κ3) is 6.95. The topological polar surface area (TPSA) is 53.6 Å². The number of methoxy groups -OCH3 is 1. The van der Waals surface area contributed by atoms with Gasteiger partial charge in [-0.25, -0.2) is 0 Å². The van der Waals surface area contributed by atoms with Crippen LogP contribution >= 0.6 is 24.8 Å². The number of halogens is 2. The molecule has 1 heterocycles. The molecule has 1 amide bonds. The van der Waals surface area contributed by atoms with Crippen LogP contribution in [-0.2, 0) is 4.79 Å². The fourth-order valence-electron chi connectivity index (χ4n) is 3.38. The smallest absolute Gasteiger partial charge is 0.224 e. The van der Waals surface area contributed by atoms with Crippen molar-refractivity contribution in [2.24, 2.45) is 5.92 Å². The fraction of sp³-hybridized carbons (Fsp3) is 0.632. The average molecular weight is 406 g/mol. The van der Waals surface area contributed by atoms with Gasteiger partial charge < -0.3 is 15.4 Å². The minimum absolute atomic E-state index is 0. The van der Waals surface area contributed by atoms with E-state index in [1.54, 1.807) is 7.11 Å². The summed E-state index contributed by atoms with van der Waals surface area (Å²) >= 11 is 0. The standard InChI is InChI=1S/C19H31N3O2.2ClH/c1-15(13-20-2)19(23)21-14-17(22-11-7-4-8-12-22)16-9-5-6-10-18(16)24-3;;/h5-6,9-10,15,17,20H,4,7-8,11-14H2,1-3H3,(H,21,23);2*1H. The normalized spacial score (nSPS) is 16.6. The molecule has 1 fully saturated rings. The van der Waals surface area contributed by atoms with Gasteiger partial charge in [0.05, 0.1) is 13.2 Å². The quantitative estimate of drug-likeness (QED) is 0.697. The minimum atomic E-state index is -0.0327. The van der Waals surface area contributed by atoms with E-state index in [9.17, 15) is 4.79 Å². The van der Waals surface area contributed by atoms with Crippen LogP contribution in [0.5, 0.6) is 5.75 Å². The average Bonchev–Trinajstić information content (AvgIpc) is 2.63. The van der Waals surface area contributed by atoms with Crippen molar-refractivity contribution >= 4 is 30.7 Å².